The number of carbonyl (C=O) groups is 1. The SMILES string of the molecule is COc1ccc(CCNC(=O)[C@@H]2Cc3cc([N+](=O)[O-])ccc3N3CCN(c4ccccc4Cl)C[C@H]23)cc1OC. The molecule has 39 heavy (non-hydrogen) atoms. The molecule has 1 fully saturated rings. The van der Waals surface area contributed by atoms with Crippen molar-refractivity contribution < 1.29 is 19.2 Å². The zero-order chi connectivity index (χ0) is 27.5. The van der Waals surface area contributed by atoms with Gasteiger partial charge in [-0.05, 0) is 54.3 Å². The van der Waals surface area contributed by atoms with Gasteiger partial charge in [-0.15, -0.1) is 0 Å². The van der Waals surface area contributed by atoms with Gasteiger partial charge >= 0.3 is 0 Å². The molecule has 0 saturated carbocycles. The number of nitro groups is 1. The first-order valence-corrected chi connectivity index (χ1v) is 13.3. The van der Waals surface area contributed by atoms with Crippen molar-refractivity contribution in [3.8, 4) is 11.5 Å². The minimum absolute atomic E-state index is 0.0366. The summed E-state index contributed by atoms with van der Waals surface area (Å²) in [6.07, 6.45) is 1.05. The standard InChI is InChI=1S/C29H31ClN4O5/c1-38-27-10-7-19(15-28(27)39-2)11-12-31-29(35)22-17-20-16-21(34(36)37)8-9-24(20)33-14-13-32(18-26(22)33)25-6-4-3-5-23(25)30/h3-10,15-16,22,26H,11-14,17-18H2,1-2H3,(H,31,35)/t22-,26-/m1/s1. The Morgan fingerprint density at radius 2 is 1.85 bits per heavy atom. The first-order valence-electron chi connectivity index (χ1n) is 12.9. The number of methoxy groups -OCH3 is 2. The molecular formula is C29H31ClN4O5. The largest absolute Gasteiger partial charge is 0.493 e. The van der Waals surface area contributed by atoms with Crippen LogP contribution in [-0.4, -0.2) is 57.3 Å². The van der Waals surface area contributed by atoms with Crippen LogP contribution in [0.4, 0.5) is 17.1 Å². The summed E-state index contributed by atoms with van der Waals surface area (Å²) in [5, 5.41) is 15.2. The van der Waals surface area contributed by atoms with Crippen molar-refractivity contribution in [2.24, 2.45) is 5.92 Å². The van der Waals surface area contributed by atoms with E-state index in [4.69, 9.17) is 21.1 Å². The van der Waals surface area contributed by atoms with Crippen LogP contribution in [0.25, 0.3) is 0 Å². The molecule has 204 valence electrons. The normalized spacial score (nSPS) is 18.1. The van der Waals surface area contributed by atoms with E-state index in [1.54, 1.807) is 26.4 Å². The molecule has 3 aromatic carbocycles. The molecule has 10 heteroatoms. The number of rotatable bonds is 8. The van der Waals surface area contributed by atoms with E-state index in [0.717, 1.165) is 29.0 Å². The van der Waals surface area contributed by atoms with Gasteiger partial charge in [0.25, 0.3) is 5.69 Å². The van der Waals surface area contributed by atoms with Gasteiger partial charge in [-0.3, -0.25) is 14.9 Å². The lowest BCUT2D eigenvalue weighted by Gasteiger charge is -2.49. The van der Waals surface area contributed by atoms with E-state index in [9.17, 15) is 14.9 Å². The number of hydrogen-bond acceptors (Lipinski definition) is 7. The molecule has 0 aromatic heterocycles. The zero-order valence-corrected chi connectivity index (χ0v) is 22.7. The van der Waals surface area contributed by atoms with Gasteiger partial charge in [-0.25, -0.2) is 0 Å². The van der Waals surface area contributed by atoms with Crippen molar-refractivity contribution in [1.82, 2.24) is 5.32 Å². The van der Waals surface area contributed by atoms with Gasteiger partial charge in [0.2, 0.25) is 5.91 Å². The van der Waals surface area contributed by atoms with E-state index < -0.39 is 0 Å². The van der Waals surface area contributed by atoms with E-state index in [0.29, 0.717) is 49.0 Å². The van der Waals surface area contributed by atoms with Gasteiger partial charge in [0.15, 0.2) is 11.5 Å². The Kier molecular flexibility index (Phi) is 7.79. The lowest BCUT2D eigenvalue weighted by molar-refractivity contribution is -0.384. The first kappa shape index (κ1) is 26.6. The number of non-ortho nitro benzene ring substituents is 1. The third-order valence-electron chi connectivity index (χ3n) is 7.60. The number of nitrogens with zero attached hydrogens (tertiary/aromatic N) is 3. The lowest BCUT2D eigenvalue weighted by atomic mass is 9.83. The molecule has 2 heterocycles. The van der Waals surface area contributed by atoms with E-state index in [2.05, 4.69) is 15.1 Å². The number of nitro benzene ring substituents is 1. The fraction of sp³-hybridized carbons (Fsp3) is 0.345. The number of piperazine rings is 1. The molecule has 9 nitrogen and oxygen atoms in total. The molecule has 2 aliphatic heterocycles. The summed E-state index contributed by atoms with van der Waals surface area (Å²) in [5.74, 6) is 0.851. The zero-order valence-electron chi connectivity index (χ0n) is 21.9. The molecule has 2 atom stereocenters. The predicted octanol–water partition coefficient (Wildman–Crippen LogP) is 4.49. The number of benzene rings is 3. The van der Waals surface area contributed by atoms with Crippen molar-refractivity contribution >= 4 is 34.6 Å². The maximum atomic E-state index is 13.6. The van der Waals surface area contributed by atoms with E-state index in [-0.39, 0.29) is 28.5 Å². The smallest absolute Gasteiger partial charge is 0.269 e. The molecule has 1 amide bonds. The number of halogens is 1. The van der Waals surface area contributed by atoms with Crippen molar-refractivity contribution in [2.75, 3.05) is 50.2 Å². The van der Waals surface area contributed by atoms with Crippen LogP contribution in [0, 0.1) is 16.0 Å². The number of anilines is 2. The predicted molar refractivity (Wildman–Crippen MR) is 151 cm³/mol. The second kappa shape index (κ2) is 11.4. The Morgan fingerprint density at radius 1 is 1.05 bits per heavy atom. The molecule has 1 N–H and O–H groups in total. The molecule has 0 aliphatic carbocycles. The second-order valence-electron chi connectivity index (χ2n) is 9.77. The maximum absolute atomic E-state index is 13.6. The topological polar surface area (TPSA) is 97.2 Å². The fourth-order valence-corrected chi connectivity index (χ4v) is 5.90. The summed E-state index contributed by atoms with van der Waals surface area (Å²) in [6.45, 7) is 2.47. The van der Waals surface area contributed by atoms with Gasteiger partial charge < -0.3 is 24.6 Å². The Hall–Kier alpha value is -3.98. The summed E-state index contributed by atoms with van der Waals surface area (Å²) in [4.78, 5) is 29.2. The highest BCUT2D eigenvalue weighted by molar-refractivity contribution is 6.33. The number of amides is 1. The summed E-state index contributed by atoms with van der Waals surface area (Å²) >= 11 is 6.51. The van der Waals surface area contributed by atoms with Gasteiger partial charge in [0.1, 0.15) is 0 Å². The third-order valence-corrected chi connectivity index (χ3v) is 7.92. The Labute approximate surface area is 232 Å². The third kappa shape index (κ3) is 5.45. The van der Waals surface area contributed by atoms with E-state index in [1.807, 2.05) is 48.5 Å². The highest BCUT2D eigenvalue weighted by Gasteiger charge is 2.42. The summed E-state index contributed by atoms with van der Waals surface area (Å²) in [6, 6.07) is 18.3. The summed E-state index contributed by atoms with van der Waals surface area (Å²) in [7, 11) is 3.19. The van der Waals surface area contributed by atoms with Crippen LogP contribution in [0.2, 0.25) is 5.02 Å². The Balaban J connectivity index is 1.36. The van der Waals surface area contributed by atoms with Crippen LogP contribution in [0.15, 0.2) is 60.7 Å². The van der Waals surface area contributed by atoms with E-state index in [1.165, 1.54) is 0 Å². The van der Waals surface area contributed by atoms with Crippen LogP contribution in [0.1, 0.15) is 11.1 Å². The summed E-state index contributed by atoms with van der Waals surface area (Å²) < 4.78 is 10.7. The number of nitrogens with one attached hydrogen (secondary N) is 1. The van der Waals surface area contributed by atoms with Crippen LogP contribution in [0.3, 0.4) is 0 Å². The average molecular weight is 551 g/mol. The number of hydrogen-bond donors (Lipinski definition) is 1. The highest BCUT2D eigenvalue weighted by atomic mass is 35.5. The molecule has 0 radical (unpaired) electrons. The van der Waals surface area contributed by atoms with Crippen LogP contribution in [-0.2, 0) is 17.6 Å². The number of ether oxygens (including phenoxy) is 2. The molecule has 2 aliphatic rings. The lowest BCUT2D eigenvalue weighted by Crippen LogP contribution is -2.61. The van der Waals surface area contributed by atoms with Crippen molar-refractivity contribution in [3.05, 3.63) is 86.9 Å². The van der Waals surface area contributed by atoms with Crippen molar-refractivity contribution in [2.45, 2.75) is 18.9 Å². The van der Waals surface area contributed by atoms with Gasteiger partial charge in [0.05, 0.1) is 41.8 Å². The fourth-order valence-electron chi connectivity index (χ4n) is 5.65. The van der Waals surface area contributed by atoms with Gasteiger partial charge in [-0.2, -0.15) is 0 Å². The van der Waals surface area contributed by atoms with Crippen molar-refractivity contribution in [3.63, 3.8) is 0 Å². The minimum atomic E-state index is -0.389. The maximum Gasteiger partial charge on any atom is 0.269 e. The monoisotopic (exact) mass is 550 g/mol. The molecule has 0 bridgehead atoms. The van der Waals surface area contributed by atoms with Gasteiger partial charge in [-0.1, -0.05) is 29.8 Å². The number of carbonyl (C=O) groups excluding carboxylic acids is 1. The molecule has 0 spiro atoms. The van der Waals surface area contributed by atoms with Crippen LogP contribution >= 0.6 is 11.6 Å². The summed E-state index contributed by atoms with van der Waals surface area (Å²) in [5.41, 5.74) is 3.78. The minimum Gasteiger partial charge on any atom is -0.493 e. The van der Waals surface area contributed by atoms with Crippen molar-refractivity contribution in [1.29, 1.82) is 0 Å². The average Bonchev–Trinajstić information content (AvgIpc) is 2.96. The molecule has 0 unspecified atom stereocenters. The first-order chi connectivity index (χ1) is 18.9. The number of fused-ring (bicyclic) bond motifs is 3. The van der Waals surface area contributed by atoms with Crippen LogP contribution in [0.5, 0.6) is 11.5 Å². The van der Waals surface area contributed by atoms with Gasteiger partial charge in [0, 0.05) is 44.0 Å². The molecule has 3 aromatic rings. The Bertz CT molecular complexity index is 1380. The molecular weight excluding hydrogens is 520 g/mol. The Morgan fingerprint density at radius 3 is 2.59 bits per heavy atom. The number of para-hydroxylation sites is 1. The van der Waals surface area contributed by atoms with Crippen LogP contribution < -0.4 is 24.6 Å². The quantitative estimate of drug-likeness (QED) is 0.326. The molecule has 5 rings (SSSR count). The van der Waals surface area contributed by atoms with E-state index >= 15 is 0 Å². The highest BCUT2D eigenvalue weighted by Crippen LogP contribution is 2.39. The molecule has 1 saturated heterocycles. The second-order valence-corrected chi connectivity index (χ2v) is 10.2.